The number of rotatable bonds is 10. The maximum Gasteiger partial charge on any atom is 0.0725 e. The second-order valence-electron chi connectivity index (χ2n) is 15.3. The number of fused-ring (bicyclic) bond motifs is 3. The quantitative estimate of drug-likeness (QED) is 0.102. The van der Waals surface area contributed by atoms with Crippen LogP contribution < -0.4 is 0 Å². The lowest BCUT2D eigenvalue weighted by Gasteiger charge is -2.14. The zero-order chi connectivity index (χ0) is 41.8. The molecule has 0 amide bonds. The van der Waals surface area contributed by atoms with Crippen LogP contribution in [0.5, 0.6) is 0 Å². The SMILES string of the molecule is C=C/C=C(\N=C(/C)c1cccnc1)c1cccc(-c2cc(-c3cccc(-c4cccc(-c5cccnc5)n4)c3)cc(-c3ccc4c(c3)c3ccccc3n4-c3ccccc3)c2)c1. The first-order chi connectivity index (χ1) is 30.6. The Morgan fingerprint density at radius 3 is 1.82 bits per heavy atom. The minimum absolute atomic E-state index is 0.827. The highest BCUT2D eigenvalue weighted by atomic mass is 15.0. The standard InChI is InChI=1S/C57H41N5/c1-3-14-53(60-39(2)45-19-12-29-58-37-45)43-17-9-15-40(31-43)47-33-48(41-16-10-18-44(32-41)54-24-11-25-55(61-54)46-20-13-30-59-38-46)35-49(34-47)42-27-28-57-52(36-42)51-23-7-8-26-56(51)62(57)50-21-5-4-6-22-50/h3-38H,1H2,2H3/b53-14-,60-39+. The molecule has 294 valence electrons. The van der Waals surface area contributed by atoms with Gasteiger partial charge in [-0.1, -0.05) is 104 Å². The molecule has 0 saturated carbocycles. The molecule has 10 rings (SSSR count). The van der Waals surface area contributed by atoms with Gasteiger partial charge in [-0.15, -0.1) is 0 Å². The molecular weight excluding hydrogens is 755 g/mol. The van der Waals surface area contributed by atoms with E-state index in [-0.39, 0.29) is 0 Å². The van der Waals surface area contributed by atoms with Crippen LogP contribution in [0.25, 0.3) is 89.1 Å². The third-order valence-corrected chi connectivity index (χ3v) is 11.3. The molecular formula is C57H41N5. The van der Waals surface area contributed by atoms with E-state index in [1.807, 2.05) is 55.7 Å². The van der Waals surface area contributed by atoms with E-state index in [4.69, 9.17) is 9.98 Å². The molecule has 0 aliphatic carbocycles. The third kappa shape index (κ3) is 7.55. The predicted octanol–water partition coefficient (Wildman–Crippen LogP) is 14.3. The van der Waals surface area contributed by atoms with Crippen LogP contribution in [0, 0.1) is 0 Å². The Kier molecular flexibility index (Phi) is 10.3. The monoisotopic (exact) mass is 795 g/mol. The van der Waals surface area contributed by atoms with Crippen molar-refractivity contribution >= 4 is 33.2 Å². The van der Waals surface area contributed by atoms with E-state index in [1.165, 1.54) is 21.8 Å². The summed E-state index contributed by atoms with van der Waals surface area (Å²) in [7, 11) is 0. The van der Waals surface area contributed by atoms with Crippen molar-refractivity contribution in [2.24, 2.45) is 4.99 Å². The Morgan fingerprint density at radius 2 is 1.08 bits per heavy atom. The zero-order valence-electron chi connectivity index (χ0n) is 34.2. The van der Waals surface area contributed by atoms with E-state index in [0.29, 0.717) is 0 Å². The van der Waals surface area contributed by atoms with Gasteiger partial charge in [0.25, 0.3) is 0 Å². The molecule has 5 nitrogen and oxygen atoms in total. The van der Waals surface area contributed by atoms with Crippen LogP contribution in [-0.2, 0) is 0 Å². The number of nitrogens with zero attached hydrogens (tertiary/aromatic N) is 5. The van der Waals surface area contributed by atoms with Crippen LogP contribution >= 0.6 is 0 Å². The van der Waals surface area contributed by atoms with Gasteiger partial charge in [0.1, 0.15) is 0 Å². The summed E-state index contributed by atoms with van der Waals surface area (Å²) in [6.45, 7) is 6.03. The molecule has 4 heterocycles. The Labute approximate surface area is 361 Å². The lowest BCUT2D eigenvalue weighted by atomic mass is 9.91. The van der Waals surface area contributed by atoms with Crippen LogP contribution in [0.2, 0.25) is 0 Å². The Morgan fingerprint density at radius 1 is 0.484 bits per heavy atom. The molecule has 6 aromatic carbocycles. The first-order valence-electron chi connectivity index (χ1n) is 20.7. The van der Waals surface area contributed by atoms with E-state index in [1.54, 1.807) is 18.5 Å². The van der Waals surface area contributed by atoms with Gasteiger partial charge in [-0.05, 0) is 137 Å². The minimum atomic E-state index is 0.827. The van der Waals surface area contributed by atoms with Gasteiger partial charge >= 0.3 is 0 Å². The zero-order valence-corrected chi connectivity index (χ0v) is 34.2. The van der Waals surface area contributed by atoms with Gasteiger partial charge in [-0.3, -0.25) is 15.0 Å². The molecule has 0 N–H and O–H groups in total. The maximum atomic E-state index is 5.07. The number of aliphatic imine (C=N–C) groups is 1. The molecule has 0 aliphatic rings. The first kappa shape index (κ1) is 38.0. The van der Waals surface area contributed by atoms with Gasteiger partial charge in [0, 0.05) is 69.2 Å². The van der Waals surface area contributed by atoms with Crippen molar-refractivity contribution in [2.75, 3.05) is 0 Å². The van der Waals surface area contributed by atoms with Gasteiger partial charge in [0.2, 0.25) is 0 Å². The molecule has 0 bridgehead atoms. The van der Waals surface area contributed by atoms with E-state index >= 15 is 0 Å². The number of pyridine rings is 3. The average Bonchev–Trinajstić information content (AvgIpc) is 3.68. The molecule has 5 heteroatoms. The molecule has 0 unspecified atom stereocenters. The fourth-order valence-electron chi connectivity index (χ4n) is 8.25. The maximum absolute atomic E-state index is 5.07. The van der Waals surface area contributed by atoms with Crippen molar-refractivity contribution in [1.29, 1.82) is 0 Å². The summed E-state index contributed by atoms with van der Waals surface area (Å²) in [4.78, 5) is 18.8. The number of hydrogen-bond donors (Lipinski definition) is 0. The molecule has 0 aliphatic heterocycles. The number of aromatic nitrogens is 4. The Bertz CT molecular complexity index is 3310. The molecule has 10 aromatic rings. The average molecular weight is 796 g/mol. The van der Waals surface area contributed by atoms with Crippen molar-refractivity contribution in [3.05, 3.63) is 237 Å². The van der Waals surface area contributed by atoms with E-state index < -0.39 is 0 Å². The van der Waals surface area contributed by atoms with Crippen molar-refractivity contribution in [1.82, 2.24) is 19.5 Å². The summed E-state index contributed by atoms with van der Waals surface area (Å²) < 4.78 is 2.36. The predicted molar refractivity (Wildman–Crippen MR) is 258 cm³/mol. The summed E-state index contributed by atoms with van der Waals surface area (Å²) in [5.74, 6) is 0. The second-order valence-corrected chi connectivity index (χ2v) is 15.3. The molecule has 0 saturated heterocycles. The Hall–Kier alpha value is -8.28. The molecule has 0 atom stereocenters. The van der Waals surface area contributed by atoms with Gasteiger partial charge < -0.3 is 4.57 Å². The van der Waals surface area contributed by atoms with Crippen molar-refractivity contribution in [2.45, 2.75) is 6.92 Å². The van der Waals surface area contributed by atoms with Crippen molar-refractivity contribution in [3.8, 4) is 61.6 Å². The van der Waals surface area contributed by atoms with Crippen LogP contribution in [0.1, 0.15) is 18.1 Å². The third-order valence-electron chi connectivity index (χ3n) is 11.3. The van der Waals surface area contributed by atoms with E-state index in [2.05, 4.69) is 173 Å². The number of para-hydroxylation sites is 2. The summed E-state index contributed by atoms with van der Waals surface area (Å²) in [6.07, 6.45) is 11.0. The summed E-state index contributed by atoms with van der Waals surface area (Å²) in [5, 5.41) is 2.42. The van der Waals surface area contributed by atoms with E-state index in [0.717, 1.165) is 84.1 Å². The van der Waals surface area contributed by atoms with Crippen molar-refractivity contribution < 1.29 is 0 Å². The van der Waals surface area contributed by atoms with Crippen LogP contribution in [0.3, 0.4) is 0 Å². The number of benzene rings is 6. The highest BCUT2D eigenvalue weighted by Gasteiger charge is 2.16. The lowest BCUT2D eigenvalue weighted by molar-refractivity contribution is 1.18. The summed E-state index contributed by atoms with van der Waals surface area (Å²) in [5.41, 5.74) is 17.6. The van der Waals surface area contributed by atoms with Crippen LogP contribution in [0.15, 0.2) is 231 Å². The van der Waals surface area contributed by atoms with Crippen LogP contribution in [-0.4, -0.2) is 25.2 Å². The summed E-state index contributed by atoms with van der Waals surface area (Å²) >= 11 is 0. The van der Waals surface area contributed by atoms with Gasteiger partial charge in [-0.25, -0.2) is 4.98 Å². The van der Waals surface area contributed by atoms with Gasteiger partial charge in [0.05, 0.1) is 28.1 Å². The lowest BCUT2D eigenvalue weighted by Crippen LogP contribution is -1.96. The Balaban J connectivity index is 1.12. The van der Waals surface area contributed by atoms with E-state index in [9.17, 15) is 0 Å². The highest BCUT2D eigenvalue weighted by molar-refractivity contribution is 6.10. The normalized spacial score (nSPS) is 11.9. The molecule has 0 fully saturated rings. The molecule has 4 aromatic heterocycles. The van der Waals surface area contributed by atoms with Crippen LogP contribution in [0.4, 0.5) is 0 Å². The summed E-state index contributed by atoms with van der Waals surface area (Å²) in [6, 6.07) is 64.5. The smallest absolute Gasteiger partial charge is 0.0725 e. The molecule has 0 spiro atoms. The van der Waals surface area contributed by atoms with Gasteiger partial charge in [0.15, 0.2) is 0 Å². The molecule has 62 heavy (non-hydrogen) atoms. The fourth-order valence-corrected chi connectivity index (χ4v) is 8.25. The largest absolute Gasteiger partial charge is 0.309 e. The first-order valence-corrected chi connectivity index (χ1v) is 20.7. The second kappa shape index (κ2) is 16.8. The number of hydrogen-bond acceptors (Lipinski definition) is 4. The molecule has 0 radical (unpaired) electrons. The fraction of sp³-hybridized carbons (Fsp3) is 0.0175. The van der Waals surface area contributed by atoms with Crippen molar-refractivity contribution in [3.63, 3.8) is 0 Å². The topological polar surface area (TPSA) is 56.0 Å². The number of allylic oxidation sites excluding steroid dienone is 2. The highest BCUT2D eigenvalue weighted by Crippen LogP contribution is 2.39. The minimum Gasteiger partial charge on any atom is -0.309 e. The van der Waals surface area contributed by atoms with Gasteiger partial charge in [-0.2, -0.15) is 0 Å².